The molecule has 1 N–H and O–H groups in total. The van der Waals surface area contributed by atoms with Crippen LogP contribution in [-0.4, -0.2) is 71.3 Å². The van der Waals surface area contributed by atoms with Crippen molar-refractivity contribution in [1.82, 2.24) is 4.90 Å². The quantitative estimate of drug-likeness (QED) is 0.461. The lowest BCUT2D eigenvalue weighted by molar-refractivity contribution is -0.155. The predicted octanol–water partition coefficient (Wildman–Crippen LogP) is 2.89. The van der Waals surface area contributed by atoms with Crippen LogP contribution < -0.4 is 4.90 Å². The zero-order chi connectivity index (χ0) is 28.0. The third kappa shape index (κ3) is 4.17. The van der Waals surface area contributed by atoms with Crippen molar-refractivity contribution < 1.29 is 29.0 Å². The van der Waals surface area contributed by atoms with E-state index in [9.17, 15) is 19.5 Å². The average Bonchev–Trinajstić information content (AvgIpc) is 3.33. The standard InChI is InChI=1S/C32H34N2O6/c1-20-12-13-21(2)24(17-20)33-15-8-14-32-27(26-25(40-32)11-6-7-16-39-31(26)38)29(36)34(28(32)30(33)37)23(19-35)18-22-9-4-3-5-10-22/h3-6,8-14,17,23,25-28,35H,7,15-16,18-19H2,1-2H3/t23-,25-,26+,27+,28?,32+/m1/s1. The lowest BCUT2D eigenvalue weighted by Crippen LogP contribution is -2.58. The molecule has 40 heavy (non-hydrogen) atoms. The van der Waals surface area contributed by atoms with E-state index in [2.05, 4.69) is 0 Å². The second kappa shape index (κ2) is 10.3. The topological polar surface area (TPSA) is 96.4 Å². The second-order valence-electron chi connectivity index (χ2n) is 11.1. The van der Waals surface area contributed by atoms with E-state index in [1.807, 2.05) is 86.7 Å². The first-order valence-electron chi connectivity index (χ1n) is 13.9. The van der Waals surface area contributed by atoms with E-state index < -0.39 is 41.6 Å². The van der Waals surface area contributed by atoms with Gasteiger partial charge in [-0.3, -0.25) is 14.4 Å². The van der Waals surface area contributed by atoms with Gasteiger partial charge in [0.15, 0.2) is 0 Å². The number of carbonyl (C=O) groups is 3. The molecule has 6 atom stereocenters. The van der Waals surface area contributed by atoms with Crippen molar-refractivity contribution in [2.75, 3.05) is 24.7 Å². The number of esters is 1. The molecule has 8 heteroatoms. The van der Waals surface area contributed by atoms with E-state index in [4.69, 9.17) is 9.47 Å². The van der Waals surface area contributed by atoms with Crippen LogP contribution in [-0.2, 0) is 30.3 Å². The highest BCUT2D eigenvalue weighted by atomic mass is 16.6. The van der Waals surface area contributed by atoms with Crippen LogP contribution in [0.5, 0.6) is 0 Å². The molecule has 6 rings (SSSR count). The van der Waals surface area contributed by atoms with Crippen molar-refractivity contribution in [3.05, 3.63) is 89.5 Å². The number of aliphatic hydroxyl groups excluding tert-OH is 1. The molecule has 208 valence electrons. The lowest BCUT2D eigenvalue weighted by Gasteiger charge is -2.39. The maximum absolute atomic E-state index is 14.7. The van der Waals surface area contributed by atoms with E-state index in [1.54, 1.807) is 4.90 Å². The Morgan fingerprint density at radius 1 is 1.05 bits per heavy atom. The summed E-state index contributed by atoms with van der Waals surface area (Å²) in [5.41, 5.74) is 2.24. The zero-order valence-corrected chi connectivity index (χ0v) is 22.7. The van der Waals surface area contributed by atoms with Crippen LogP contribution in [0.3, 0.4) is 0 Å². The van der Waals surface area contributed by atoms with Crippen molar-refractivity contribution in [1.29, 1.82) is 0 Å². The van der Waals surface area contributed by atoms with Gasteiger partial charge in [0.2, 0.25) is 5.91 Å². The summed E-state index contributed by atoms with van der Waals surface area (Å²) < 4.78 is 12.2. The minimum absolute atomic E-state index is 0.224. The number of aryl methyl sites for hydroxylation is 2. The smallest absolute Gasteiger partial charge is 0.312 e. The highest BCUT2D eigenvalue weighted by Crippen LogP contribution is 2.54. The number of anilines is 1. The molecule has 2 saturated heterocycles. The summed E-state index contributed by atoms with van der Waals surface area (Å²) in [4.78, 5) is 45.6. The maximum atomic E-state index is 14.7. The first-order chi connectivity index (χ1) is 19.4. The number of hydrogen-bond donors (Lipinski definition) is 1. The number of cyclic esters (lactones) is 1. The summed E-state index contributed by atoms with van der Waals surface area (Å²) in [6.45, 7) is 4.09. The van der Waals surface area contributed by atoms with Gasteiger partial charge in [0, 0.05) is 12.2 Å². The third-order valence-corrected chi connectivity index (χ3v) is 8.63. The molecular formula is C32H34N2O6. The number of likely N-dealkylation sites (tertiary alicyclic amines) is 1. The molecule has 0 saturated carbocycles. The normalized spacial score (nSPS) is 30.2. The monoisotopic (exact) mass is 542 g/mol. The van der Waals surface area contributed by atoms with Gasteiger partial charge in [0.1, 0.15) is 17.6 Å². The molecule has 4 aliphatic rings. The Morgan fingerprint density at radius 3 is 2.62 bits per heavy atom. The van der Waals surface area contributed by atoms with Crippen LogP contribution >= 0.6 is 0 Å². The Kier molecular flexibility index (Phi) is 6.84. The van der Waals surface area contributed by atoms with Crippen LogP contribution in [0.25, 0.3) is 0 Å². The molecule has 2 aromatic rings. The molecule has 2 fully saturated rings. The summed E-state index contributed by atoms with van der Waals surface area (Å²) in [6.07, 6.45) is 7.61. The summed E-state index contributed by atoms with van der Waals surface area (Å²) in [5.74, 6) is -3.02. The number of nitrogens with zero attached hydrogens (tertiary/aromatic N) is 2. The minimum Gasteiger partial charge on any atom is -0.465 e. The van der Waals surface area contributed by atoms with Crippen molar-refractivity contribution >= 4 is 23.5 Å². The Labute approximate surface area is 233 Å². The molecule has 1 spiro atoms. The number of aliphatic hydroxyl groups is 1. The van der Waals surface area contributed by atoms with E-state index in [0.29, 0.717) is 12.8 Å². The predicted molar refractivity (Wildman–Crippen MR) is 148 cm³/mol. The molecular weight excluding hydrogens is 508 g/mol. The van der Waals surface area contributed by atoms with Crippen molar-refractivity contribution in [2.45, 2.75) is 50.5 Å². The molecule has 0 aliphatic carbocycles. The lowest BCUT2D eigenvalue weighted by atomic mass is 9.77. The van der Waals surface area contributed by atoms with Crippen LogP contribution in [0.2, 0.25) is 0 Å². The largest absolute Gasteiger partial charge is 0.465 e. The van der Waals surface area contributed by atoms with Gasteiger partial charge in [-0.05, 0) is 49.4 Å². The van der Waals surface area contributed by atoms with Gasteiger partial charge in [-0.25, -0.2) is 0 Å². The Hall–Kier alpha value is -3.75. The molecule has 1 unspecified atom stereocenters. The van der Waals surface area contributed by atoms with Gasteiger partial charge in [-0.2, -0.15) is 0 Å². The van der Waals surface area contributed by atoms with Crippen LogP contribution in [0, 0.1) is 25.7 Å². The first kappa shape index (κ1) is 26.5. The van der Waals surface area contributed by atoms with Gasteiger partial charge in [-0.15, -0.1) is 0 Å². The molecule has 8 nitrogen and oxygen atoms in total. The van der Waals surface area contributed by atoms with E-state index in [-0.39, 0.29) is 31.6 Å². The number of ether oxygens (including phenoxy) is 2. The number of fused-ring (bicyclic) bond motifs is 2. The van der Waals surface area contributed by atoms with E-state index in [0.717, 1.165) is 22.4 Å². The summed E-state index contributed by atoms with van der Waals surface area (Å²) >= 11 is 0. The number of amides is 2. The summed E-state index contributed by atoms with van der Waals surface area (Å²) in [7, 11) is 0. The SMILES string of the molecule is Cc1ccc(C)c(N2CC=C[C@]34O[C@@H]5C=CCCOC(=O)[C@@H]5[C@H]3C(=O)N([C@@H](CO)Cc3ccccc3)C4C2=O)c1. The highest BCUT2D eigenvalue weighted by molar-refractivity contribution is 6.06. The average molecular weight is 543 g/mol. The first-order valence-corrected chi connectivity index (χ1v) is 13.9. The van der Waals surface area contributed by atoms with Gasteiger partial charge in [-0.1, -0.05) is 66.8 Å². The third-order valence-electron chi connectivity index (χ3n) is 8.63. The fourth-order valence-corrected chi connectivity index (χ4v) is 6.80. The van der Waals surface area contributed by atoms with E-state index in [1.165, 1.54) is 4.90 Å². The molecule has 4 heterocycles. The van der Waals surface area contributed by atoms with Gasteiger partial charge >= 0.3 is 5.97 Å². The summed E-state index contributed by atoms with van der Waals surface area (Å²) in [5, 5.41) is 10.6. The summed E-state index contributed by atoms with van der Waals surface area (Å²) in [6, 6.07) is 13.7. The van der Waals surface area contributed by atoms with Crippen LogP contribution in [0.1, 0.15) is 23.1 Å². The molecule has 4 aliphatic heterocycles. The molecule has 0 aromatic heterocycles. The second-order valence-corrected chi connectivity index (χ2v) is 11.1. The fourth-order valence-electron chi connectivity index (χ4n) is 6.80. The van der Waals surface area contributed by atoms with Gasteiger partial charge in [0.25, 0.3) is 5.91 Å². The van der Waals surface area contributed by atoms with Crippen LogP contribution in [0.4, 0.5) is 5.69 Å². The Bertz CT molecular complexity index is 1390. The van der Waals surface area contributed by atoms with Gasteiger partial charge in [0.05, 0.1) is 31.3 Å². The highest BCUT2D eigenvalue weighted by Gasteiger charge is 2.72. The number of hydrogen-bond acceptors (Lipinski definition) is 6. The number of carbonyl (C=O) groups excluding carboxylic acids is 3. The maximum Gasteiger partial charge on any atom is 0.312 e. The van der Waals surface area contributed by atoms with Crippen molar-refractivity contribution in [3.8, 4) is 0 Å². The van der Waals surface area contributed by atoms with Crippen molar-refractivity contribution in [2.24, 2.45) is 11.8 Å². The zero-order valence-electron chi connectivity index (χ0n) is 22.7. The molecule has 2 aromatic carbocycles. The fraction of sp³-hybridized carbons (Fsp3) is 0.406. The number of benzene rings is 2. The van der Waals surface area contributed by atoms with Crippen molar-refractivity contribution in [3.63, 3.8) is 0 Å². The molecule has 0 bridgehead atoms. The molecule has 0 radical (unpaired) electrons. The Morgan fingerprint density at radius 2 is 1.85 bits per heavy atom. The Balaban J connectivity index is 1.49. The van der Waals surface area contributed by atoms with E-state index >= 15 is 0 Å². The van der Waals surface area contributed by atoms with Gasteiger partial charge < -0.3 is 24.4 Å². The minimum atomic E-state index is -1.38. The number of rotatable bonds is 5. The molecule has 2 amide bonds. The van der Waals surface area contributed by atoms with Crippen LogP contribution in [0.15, 0.2) is 72.8 Å².